The average Bonchev–Trinajstić information content (AvgIpc) is 2.41. The standard InChI is InChI=1S/C16H16O5/c1-7(2)4-5-9-11(17)6-10-12(15(9)20)13(18)8(3)14(19)16(10)21/h4,6,17-18,20H,5H2,1-3H3. The molecule has 0 atom stereocenters. The zero-order valence-corrected chi connectivity index (χ0v) is 12.0. The van der Waals surface area contributed by atoms with Crippen molar-refractivity contribution in [2.75, 3.05) is 0 Å². The molecule has 1 aliphatic carbocycles. The van der Waals surface area contributed by atoms with E-state index in [9.17, 15) is 24.9 Å². The Morgan fingerprint density at radius 1 is 1.14 bits per heavy atom. The predicted molar refractivity (Wildman–Crippen MR) is 77.5 cm³/mol. The number of hydrogen-bond acceptors (Lipinski definition) is 5. The molecule has 0 aromatic heterocycles. The molecular formula is C16H16O5. The van der Waals surface area contributed by atoms with Crippen molar-refractivity contribution in [3.05, 3.63) is 40.0 Å². The Morgan fingerprint density at radius 2 is 1.76 bits per heavy atom. The minimum Gasteiger partial charge on any atom is -0.507 e. The fourth-order valence-corrected chi connectivity index (χ4v) is 2.21. The summed E-state index contributed by atoms with van der Waals surface area (Å²) in [6.07, 6.45) is 2.05. The van der Waals surface area contributed by atoms with Crippen LogP contribution in [0.15, 0.2) is 23.3 Å². The van der Waals surface area contributed by atoms with Gasteiger partial charge in [0.1, 0.15) is 17.3 Å². The number of ketones is 2. The van der Waals surface area contributed by atoms with Crippen LogP contribution in [0.25, 0.3) is 5.76 Å². The molecule has 1 aromatic rings. The highest BCUT2D eigenvalue weighted by Crippen LogP contribution is 2.41. The van der Waals surface area contributed by atoms with Crippen LogP contribution in [0.3, 0.4) is 0 Å². The quantitative estimate of drug-likeness (QED) is 0.574. The largest absolute Gasteiger partial charge is 0.507 e. The summed E-state index contributed by atoms with van der Waals surface area (Å²) >= 11 is 0. The molecule has 0 aliphatic heterocycles. The molecule has 0 fully saturated rings. The van der Waals surface area contributed by atoms with E-state index in [2.05, 4.69) is 0 Å². The van der Waals surface area contributed by atoms with E-state index in [4.69, 9.17) is 0 Å². The number of benzene rings is 1. The van der Waals surface area contributed by atoms with Crippen molar-refractivity contribution in [2.24, 2.45) is 0 Å². The molecule has 110 valence electrons. The SMILES string of the molecule is CC(C)=CCc1c(O)cc2c(c1O)C(O)=C(C)C(=O)C2=O. The van der Waals surface area contributed by atoms with Crippen molar-refractivity contribution in [1.29, 1.82) is 0 Å². The Kier molecular flexibility index (Phi) is 3.60. The van der Waals surface area contributed by atoms with Crippen LogP contribution in [0.2, 0.25) is 0 Å². The average molecular weight is 288 g/mol. The van der Waals surface area contributed by atoms with Crippen LogP contribution < -0.4 is 0 Å². The highest BCUT2D eigenvalue weighted by atomic mass is 16.3. The lowest BCUT2D eigenvalue weighted by molar-refractivity contribution is -0.111. The van der Waals surface area contributed by atoms with Gasteiger partial charge in [-0.25, -0.2) is 0 Å². The molecule has 21 heavy (non-hydrogen) atoms. The molecule has 5 heteroatoms. The van der Waals surface area contributed by atoms with Gasteiger partial charge in [-0.1, -0.05) is 11.6 Å². The van der Waals surface area contributed by atoms with Crippen LogP contribution in [0.5, 0.6) is 11.5 Å². The first-order valence-corrected chi connectivity index (χ1v) is 6.46. The number of aliphatic hydroxyl groups excluding tert-OH is 1. The van der Waals surface area contributed by atoms with E-state index in [0.29, 0.717) is 0 Å². The number of phenols is 2. The number of fused-ring (bicyclic) bond motifs is 1. The van der Waals surface area contributed by atoms with Crippen LogP contribution >= 0.6 is 0 Å². The predicted octanol–water partition coefficient (Wildman–Crippen LogP) is 2.66. The van der Waals surface area contributed by atoms with Crippen molar-refractivity contribution >= 4 is 17.3 Å². The Bertz CT molecular complexity index is 719. The van der Waals surface area contributed by atoms with Crippen molar-refractivity contribution in [2.45, 2.75) is 27.2 Å². The lowest BCUT2D eigenvalue weighted by Crippen LogP contribution is -2.23. The summed E-state index contributed by atoms with van der Waals surface area (Å²) in [4.78, 5) is 23.6. The summed E-state index contributed by atoms with van der Waals surface area (Å²) in [7, 11) is 0. The molecule has 0 bridgehead atoms. The van der Waals surface area contributed by atoms with E-state index in [-0.39, 0.29) is 40.2 Å². The molecule has 0 saturated carbocycles. The molecule has 1 aliphatic rings. The highest BCUT2D eigenvalue weighted by molar-refractivity contribution is 6.52. The number of hydrogen-bond donors (Lipinski definition) is 3. The van der Waals surface area contributed by atoms with Crippen LogP contribution in [-0.2, 0) is 11.2 Å². The fraction of sp³-hybridized carbons (Fsp3) is 0.250. The number of Topliss-reactive ketones (excluding diaryl/α,β-unsaturated/α-hetero) is 2. The van der Waals surface area contributed by atoms with Gasteiger partial charge in [0.2, 0.25) is 11.6 Å². The Morgan fingerprint density at radius 3 is 2.33 bits per heavy atom. The molecule has 0 unspecified atom stereocenters. The van der Waals surface area contributed by atoms with Crippen molar-refractivity contribution in [1.82, 2.24) is 0 Å². The Balaban J connectivity index is 2.73. The normalized spacial score (nSPS) is 14.2. The number of carbonyl (C=O) groups excluding carboxylic acids is 2. The van der Waals surface area contributed by atoms with Crippen LogP contribution in [-0.4, -0.2) is 26.9 Å². The summed E-state index contributed by atoms with van der Waals surface area (Å²) < 4.78 is 0. The molecule has 0 amide bonds. The first-order valence-electron chi connectivity index (χ1n) is 6.46. The van der Waals surface area contributed by atoms with E-state index in [0.717, 1.165) is 11.6 Å². The van der Waals surface area contributed by atoms with Gasteiger partial charge in [0, 0.05) is 16.7 Å². The number of phenolic OH excluding ortho intramolecular Hbond substituents is 2. The third kappa shape index (κ3) is 2.31. The lowest BCUT2D eigenvalue weighted by Gasteiger charge is -2.19. The molecule has 3 N–H and O–H groups in total. The number of allylic oxidation sites excluding steroid dienone is 3. The minimum atomic E-state index is -0.848. The second-order valence-corrected chi connectivity index (χ2v) is 5.26. The van der Waals surface area contributed by atoms with Crippen molar-refractivity contribution < 1.29 is 24.9 Å². The summed E-state index contributed by atoms with van der Waals surface area (Å²) in [5, 5.41) is 30.3. The molecule has 2 rings (SSSR count). The van der Waals surface area contributed by atoms with Gasteiger partial charge in [0.15, 0.2) is 0 Å². The third-order valence-corrected chi connectivity index (χ3v) is 3.48. The van der Waals surface area contributed by atoms with E-state index >= 15 is 0 Å². The molecule has 1 aromatic carbocycles. The van der Waals surface area contributed by atoms with Gasteiger partial charge in [-0.3, -0.25) is 9.59 Å². The Hall–Kier alpha value is -2.56. The van der Waals surface area contributed by atoms with E-state index in [1.54, 1.807) is 6.08 Å². The van der Waals surface area contributed by atoms with Gasteiger partial charge in [-0.15, -0.1) is 0 Å². The maximum Gasteiger partial charge on any atom is 0.234 e. The first kappa shape index (κ1) is 14.8. The topological polar surface area (TPSA) is 94.8 Å². The van der Waals surface area contributed by atoms with Gasteiger partial charge in [0.05, 0.1) is 5.56 Å². The molecule has 0 saturated heterocycles. The molecule has 0 spiro atoms. The summed E-state index contributed by atoms with van der Waals surface area (Å²) in [5.41, 5.74) is 0.818. The molecule has 0 radical (unpaired) electrons. The summed E-state index contributed by atoms with van der Waals surface area (Å²) in [6.45, 7) is 5.06. The third-order valence-electron chi connectivity index (χ3n) is 3.48. The van der Waals surface area contributed by atoms with Crippen LogP contribution in [0.1, 0.15) is 42.3 Å². The summed E-state index contributed by atoms with van der Waals surface area (Å²) in [5.74, 6) is -2.77. The van der Waals surface area contributed by atoms with Crippen LogP contribution in [0.4, 0.5) is 0 Å². The zero-order chi connectivity index (χ0) is 15.9. The zero-order valence-electron chi connectivity index (χ0n) is 12.0. The van der Waals surface area contributed by atoms with E-state index in [1.165, 1.54) is 6.92 Å². The number of aromatic hydroxyl groups is 2. The lowest BCUT2D eigenvalue weighted by atomic mass is 9.86. The van der Waals surface area contributed by atoms with Gasteiger partial charge in [0.25, 0.3) is 0 Å². The van der Waals surface area contributed by atoms with Gasteiger partial charge in [-0.2, -0.15) is 0 Å². The summed E-state index contributed by atoms with van der Waals surface area (Å²) in [6, 6.07) is 1.12. The van der Waals surface area contributed by atoms with Gasteiger partial charge < -0.3 is 15.3 Å². The first-order chi connectivity index (χ1) is 9.75. The Labute approximate surface area is 121 Å². The van der Waals surface area contributed by atoms with E-state index < -0.39 is 17.3 Å². The minimum absolute atomic E-state index is 0.0907. The highest BCUT2D eigenvalue weighted by Gasteiger charge is 2.34. The molecule has 0 heterocycles. The van der Waals surface area contributed by atoms with Crippen molar-refractivity contribution in [3.8, 4) is 11.5 Å². The molecule has 5 nitrogen and oxygen atoms in total. The van der Waals surface area contributed by atoms with Gasteiger partial charge in [-0.05, 0) is 33.3 Å². The number of carbonyl (C=O) groups is 2. The number of aliphatic hydroxyl groups is 1. The maximum absolute atomic E-state index is 11.9. The molecular weight excluding hydrogens is 272 g/mol. The second-order valence-electron chi connectivity index (χ2n) is 5.26. The number of rotatable bonds is 2. The van der Waals surface area contributed by atoms with Crippen molar-refractivity contribution in [3.63, 3.8) is 0 Å². The van der Waals surface area contributed by atoms with Crippen LogP contribution in [0, 0.1) is 0 Å². The maximum atomic E-state index is 11.9. The van der Waals surface area contributed by atoms with E-state index in [1.807, 2.05) is 13.8 Å². The van der Waals surface area contributed by atoms with Gasteiger partial charge >= 0.3 is 0 Å². The smallest absolute Gasteiger partial charge is 0.234 e. The monoisotopic (exact) mass is 288 g/mol. The fourth-order valence-electron chi connectivity index (χ4n) is 2.21. The second kappa shape index (κ2) is 5.09.